The van der Waals surface area contributed by atoms with Gasteiger partial charge in [0.2, 0.25) is 10.0 Å². The van der Waals surface area contributed by atoms with E-state index in [-0.39, 0.29) is 10.5 Å². The van der Waals surface area contributed by atoms with Crippen LogP contribution in [0.5, 0.6) is 0 Å². The average Bonchev–Trinajstić information content (AvgIpc) is 3.47. The molecular formula is C31H30N2O6S. The first-order valence-corrected chi connectivity index (χ1v) is 14.4. The molecule has 0 saturated carbocycles. The van der Waals surface area contributed by atoms with Crippen LogP contribution < -0.4 is 5.14 Å². The molecule has 0 amide bonds. The van der Waals surface area contributed by atoms with Gasteiger partial charge >= 0.3 is 0 Å². The second-order valence-electron chi connectivity index (χ2n) is 9.53. The maximum Gasteiger partial charge on any atom is 0.238 e. The molecule has 1 fully saturated rings. The summed E-state index contributed by atoms with van der Waals surface area (Å²) < 4.78 is 46.3. The summed E-state index contributed by atoms with van der Waals surface area (Å²) in [6, 6.07) is 24.0. The molecule has 1 unspecified atom stereocenters. The lowest BCUT2D eigenvalue weighted by atomic mass is 9.85. The molecule has 1 aliphatic heterocycles. The quantitative estimate of drug-likeness (QED) is 0.304. The standard InChI is InChI=1S/C31H30N2O6S/c1-36-31(15-18-37-19-16-31)26-9-5-6-23(20-26)21-38-17-14-28(24-7-3-2-4-8-24)29-30(39-22-33-29)25-10-12-27(13-11-25)40(32,34)35/h2-13,20,22,28H,15-16,18-19,21H2,1H3,(H2,32,34,35). The number of benzene rings is 3. The van der Waals surface area contributed by atoms with Crippen LogP contribution in [0.15, 0.2) is 94.6 Å². The first kappa shape index (κ1) is 27.6. The Morgan fingerprint density at radius 1 is 1.02 bits per heavy atom. The fraction of sp³-hybridized carbons (Fsp3) is 0.258. The zero-order valence-electron chi connectivity index (χ0n) is 22.1. The van der Waals surface area contributed by atoms with E-state index in [1.165, 1.54) is 18.5 Å². The highest BCUT2D eigenvalue weighted by molar-refractivity contribution is 7.89. The monoisotopic (exact) mass is 558 g/mol. The highest BCUT2D eigenvalue weighted by Gasteiger charge is 2.34. The number of sulfonamides is 1. The van der Waals surface area contributed by atoms with Crippen molar-refractivity contribution in [2.24, 2.45) is 5.14 Å². The second-order valence-corrected chi connectivity index (χ2v) is 11.1. The van der Waals surface area contributed by atoms with E-state index in [0.717, 1.165) is 29.5 Å². The molecule has 0 spiro atoms. The van der Waals surface area contributed by atoms with Crippen molar-refractivity contribution in [1.29, 1.82) is 0 Å². The second kappa shape index (κ2) is 12.1. The highest BCUT2D eigenvalue weighted by Crippen LogP contribution is 2.36. The van der Waals surface area contributed by atoms with Gasteiger partial charge in [0.1, 0.15) is 18.4 Å². The number of aromatic nitrogens is 1. The van der Waals surface area contributed by atoms with Crippen LogP contribution in [0.3, 0.4) is 0 Å². The first-order valence-electron chi connectivity index (χ1n) is 12.9. The van der Waals surface area contributed by atoms with Gasteiger partial charge in [-0.1, -0.05) is 48.5 Å². The summed E-state index contributed by atoms with van der Waals surface area (Å²) >= 11 is 0. The average molecular weight is 559 g/mol. The van der Waals surface area contributed by atoms with E-state index in [1.807, 2.05) is 42.5 Å². The number of ether oxygens (including phenoxy) is 3. The number of hydrogen-bond donors (Lipinski definition) is 1. The van der Waals surface area contributed by atoms with Crippen LogP contribution in [0.25, 0.3) is 11.3 Å². The molecule has 5 rings (SSSR count). The lowest BCUT2D eigenvalue weighted by Gasteiger charge is -2.36. The summed E-state index contributed by atoms with van der Waals surface area (Å²) in [6.45, 7) is 1.64. The number of nitrogens with zero attached hydrogens (tertiary/aromatic N) is 1. The summed E-state index contributed by atoms with van der Waals surface area (Å²) in [4.78, 5) is 4.48. The molecule has 1 saturated heterocycles. The molecule has 0 radical (unpaired) electrons. The summed E-state index contributed by atoms with van der Waals surface area (Å²) in [5.41, 5.74) is 3.90. The Morgan fingerprint density at radius 2 is 1.77 bits per heavy atom. The van der Waals surface area contributed by atoms with Crippen LogP contribution >= 0.6 is 0 Å². The minimum atomic E-state index is -3.81. The molecule has 0 aliphatic carbocycles. The number of primary sulfonamides is 1. The number of nitrogens with two attached hydrogens (primary N) is 1. The summed E-state index contributed by atoms with van der Waals surface area (Å²) in [7, 11) is -2.06. The largest absolute Gasteiger partial charge is 0.443 e. The molecule has 206 valence electrons. The third-order valence-electron chi connectivity index (χ3n) is 7.10. The third kappa shape index (κ3) is 6.11. The fourth-order valence-corrected chi connectivity index (χ4v) is 5.42. The molecular weight excluding hydrogens is 528 g/mol. The summed E-state index contributed by atoms with van der Waals surface area (Å²) in [5.74, 6) is 3.24. The Labute approximate surface area is 234 Å². The molecule has 8 nitrogen and oxygen atoms in total. The van der Waals surface area contributed by atoms with Crippen molar-refractivity contribution in [1.82, 2.24) is 4.98 Å². The molecule has 2 heterocycles. The predicted molar refractivity (Wildman–Crippen MR) is 149 cm³/mol. The molecule has 9 heteroatoms. The minimum absolute atomic E-state index is 0.0161. The van der Waals surface area contributed by atoms with E-state index in [9.17, 15) is 8.42 Å². The lowest BCUT2D eigenvalue weighted by molar-refractivity contribution is -0.0948. The zero-order chi connectivity index (χ0) is 28.0. The van der Waals surface area contributed by atoms with Crippen molar-refractivity contribution < 1.29 is 27.0 Å². The predicted octanol–water partition coefficient (Wildman–Crippen LogP) is 4.95. The Hall–Kier alpha value is -3.94. The molecule has 0 bridgehead atoms. The van der Waals surface area contributed by atoms with Gasteiger partial charge in [-0.05, 0) is 52.9 Å². The van der Waals surface area contributed by atoms with Gasteiger partial charge in [0.15, 0.2) is 12.2 Å². The van der Waals surface area contributed by atoms with Crippen molar-refractivity contribution in [3.05, 3.63) is 108 Å². The normalized spacial score (nSPS) is 15.6. The number of rotatable bonds is 8. The van der Waals surface area contributed by atoms with Crippen LogP contribution in [-0.2, 0) is 36.4 Å². The van der Waals surface area contributed by atoms with Crippen molar-refractivity contribution in [3.63, 3.8) is 0 Å². The van der Waals surface area contributed by atoms with E-state index in [4.69, 9.17) is 23.8 Å². The minimum Gasteiger partial charge on any atom is -0.443 e. The Bertz CT molecular complexity index is 1600. The molecule has 1 aromatic heterocycles. The molecule has 40 heavy (non-hydrogen) atoms. The van der Waals surface area contributed by atoms with Gasteiger partial charge in [-0.2, -0.15) is 0 Å². The smallest absolute Gasteiger partial charge is 0.238 e. The third-order valence-corrected chi connectivity index (χ3v) is 8.03. The van der Waals surface area contributed by atoms with Gasteiger partial charge in [0, 0.05) is 38.7 Å². The molecule has 2 N–H and O–H groups in total. The van der Waals surface area contributed by atoms with Gasteiger partial charge in [-0.25, -0.2) is 18.5 Å². The van der Waals surface area contributed by atoms with Crippen molar-refractivity contribution in [2.75, 3.05) is 20.3 Å². The van der Waals surface area contributed by atoms with Gasteiger partial charge in [-0.3, -0.25) is 0 Å². The Balaban J connectivity index is 1.38. The molecule has 1 atom stereocenters. The molecule has 4 aromatic rings. The molecule has 3 aromatic carbocycles. The summed E-state index contributed by atoms with van der Waals surface area (Å²) in [5, 5.41) is 5.24. The van der Waals surface area contributed by atoms with Crippen molar-refractivity contribution in [3.8, 4) is 23.4 Å². The summed E-state index contributed by atoms with van der Waals surface area (Å²) in [6.07, 6.45) is 5.83. The lowest BCUT2D eigenvalue weighted by Crippen LogP contribution is -2.35. The highest BCUT2D eigenvalue weighted by atomic mass is 32.2. The number of hydrogen-bond acceptors (Lipinski definition) is 7. The van der Waals surface area contributed by atoms with Gasteiger partial charge in [0.25, 0.3) is 0 Å². The maximum atomic E-state index is 11.7. The Morgan fingerprint density at radius 3 is 2.48 bits per heavy atom. The van der Waals surface area contributed by atoms with E-state index in [1.54, 1.807) is 19.2 Å². The van der Waals surface area contributed by atoms with Crippen molar-refractivity contribution >= 4 is 10.0 Å². The van der Waals surface area contributed by atoms with Gasteiger partial charge in [-0.15, -0.1) is 0 Å². The maximum absolute atomic E-state index is 11.7. The fourth-order valence-electron chi connectivity index (χ4n) is 4.90. The van der Waals surface area contributed by atoms with Gasteiger partial charge in [0.05, 0.1) is 16.4 Å². The van der Waals surface area contributed by atoms with Crippen LogP contribution in [0, 0.1) is 12.0 Å². The van der Waals surface area contributed by atoms with Crippen LogP contribution in [0.2, 0.25) is 0 Å². The van der Waals surface area contributed by atoms with E-state index in [2.05, 4.69) is 29.1 Å². The van der Waals surface area contributed by atoms with Crippen LogP contribution in [-0.4, -0.2) is 33.7 Å². The van der Waals surface area contributed by atoms with Crippen molar-refractivity contribution in [2.45, 2.75) is 35.9 Å². The topological polar surface area (TPSA) is 114 Å². The van der Waals surface area contributed by atoms with E-state index in [0.29, 0.717) is 36.8 Å². The number of methoxy groups -OCH3 is 1. The SMILES string of the molecule is COC1(c2cccc(COC#CC(c3ccccc3)c3ncoc3-c3ccc(S(N)(=O)=O)cc3)c2)CCOCC1. The zero-order valence-corrected chi connectivity index (χ0v) is 22.9. The van der Waals surface area contributed by atoms with E-state index >= 15 is 0 Å². The van der Waals surface area contributed by atoms with Gasteiger partial charge < -0.3 is 18.6 Å². The molecule has 1 aliphatic rings. The van der Waals surface area contributed by atoms with Crippen LogP contribution in [0.4, 0.5) is 0 Å². The first-order chi connectivity index (χ1) is 19.4. The van der Waals surface area contributed by atoms with Crippen LogP contribution in [0.1, 0.15) is 41.1 Å². The number of oxazole rings is 1. The van der Waals surface area contributed by atoms with E-state index < -0.39 is 15.9 Å². The Kier molecular flexibility index (Phi) is 8.33.